The average molecular weight is 288 g/mol. The molecule has 7 nitrogen and oxygen atoms in total. The van der Waals surface area contributed by atoms with Gasteiger partial charge in [-0.15, -0.1) is 0 Å². The van der Waals surface area contributed by atoms with E-state index in [1.54, 1.807) is 6.33 Å². The van der Waals surface area contributed by atoms with Crippen molar-refractivity contribution in [2.75, 3.05) is 11.4 Å². The Morgan fingerprint density at radius 1 is 1.38 bits per heavy atom. The van der Waals surface area contributed by atoms with Crippen LogP contribution in [0.15, 0.2) is 17.2 Å². The summed E-state index contributed by atoms with van der Waals surface area (Å²) in [6, 6.07) is 3.72. The zero-order chi connectivity index (χ0) is 14.4. The van der Waals surface area contributed by atoms with Crippen LogP contribution < -0.4 is 15.9 Å². The molecular formula is C14H20N6O. The van der Waals surface area contributed by atoms with Crippen LogP contribution in [0.1, 0.15) is 32.6 Å². The molecule has 4 rings (SSSR count). The van der Waals surface area contributed by atoms with Gasteiger partial charge in [-0.1, -0.05) is 0 Å². The van der Waals surface area contributed by atoms with Crippen molar-refractivity contribution in [3.63, 3.8) is 0 Å². The average Bonchev–Trinajstić information content (AvgIpc) is 3.03. The van der Waals surface area contributed by atoms with Crippen LogP contribution in [0, 0.1) is 0 Å². The minimum Gasteiger partial charge on any atom is -0.354 e. The number of hydrogen-bond donors (Lipinski definition) is 2. The maximum absolute atomic E-state index is 11.5. The van der Waals surface area contributed by atoms with Gasteiger partial charge in [0.15, 0.2) is 5.65 Å². The lowest BCUT2D eigenvalue weighted by molar-refractivity contribution is 0.348. The molecule has 0 saturated carbocycles. The first-order valence-corrected chi connectivity index (χ1v) is 7.70. The van der Waals surface area contributed by atoms with Crippen molar-refractivity contribution in [3.05, 3.63) is 22.9 Å². The third kappa shape index (κ3) is 2.12. The monoisotopic (exact) mass is 288 g/mol. The molecule has 4 heterocycles. The van der Waals surface area contributed by atoms with Crippen LogP contribution in [-0.4, -0.2) is 44.3 Å². The van der Waals surface area contributed by atoms with Crippen LogP contribution in [0.2, 0.25) is 0 Å². The molecule has 0 radical (unpaired) electrons. The van der Waals surface area contributed by atoms with Crippen LogP contribution in [0.4, 0.5) is 5.82 Å². The zero-order valence-corrected chi connectivity index (χ0v) is 12.1. The van der Waals surface area contributed by atoms with E-state index in [0.29, 0.717) is 23.8 Å². The summed E-state index contributed by atoms with van der Waals surface area (Å²) >= 11 is 0. The third-order valence-corrected chi connectivity index (χ3v) is 4.82. The number of nitrogens with one attached hydrogen (secondary N) is 2. The van der Waals surface area contributed by atoms with E-state index in [0.717, 1.165) is 12.4 Å². The fraction of sp³-hybridized carbons (Fsp3) is 0.643. The smallest absolute Gasteiger partial charge is 0.348 e. The van der Waals surface area contributed by atoms with Gasteiger partial charge in [0.2, 0.25) is 0 Å². The molecule has 2 saturated heterocycles. The Balaban J connectivity index is 1.66. The topological polar surface area (TPSA) is 78.3 Å². The van der Waals surface area contributed by atoms with Gasteiger partial charge in [-0.3, -0.25) is 0 Å². The Bertz CT molecular complexity index is 695. The molecule has 7 heteroatoms. The zero-order valence-electron chi connectivity index (χ0n) is 12.1. The minimum atomic E-state index is -0.244. The van der Waals surface area contributed by atoms with E-state index >= 15 is 0 Å². The first kappa shape index (κ1) is 12.8. The molecule has 0 spiro atoms. The highest BCUT2D eigenvalue weighted by molar-refractivity contribution is 5.51. The molecule has 2 fully saturated rings. The molecule has 2 unspecified atom stereocenters. The predicted molar refractivity (Wildman–Crippen MR) is 79.6 cm³/mol. The molecule has 112 valence electrons. The number of aromatic nitrogens is 4. The lowest BCUT2D eigenvalue weighted by Gasteiger charge is -2.38. The minimum absolute atomic E-state index is 0.244. The van der Waals surface area contributed by atoms with E-state index < -0.39 is 0 Å². The highest BCUT2D eigenvalue weighted by atomic mass is 16.1. The summed E-state index contributed by atoms with van der Waals surface area (Å²) in [4.78, 5) is 18.3. The molecule has 2 aromatic heterocycles. The quantitative estimate of drug-likeness (QED) is 0.861. The number of nitrogens with zero attached hydrogens (tertiary/aromatic N) is 4. The van der Waals surface area contributed by atoms with Gasteiger partial charge in [-0.2, -0.15) is 5.10 Å². The number of H-pyrrole nitrogens is 1. The highest BCUT2D eigenvalue weighted by Crippen LogP contribution is 2.31. The Kier molecular flexibility index (Phi) is 2.95. The van der Waals surface area contributed by atoms with E-state index in [1.165, 1.54) is 30.1 Å². The molecule has 2 bridgehead atoms. The van der Waals surface area contributed by atoms with Crippen molar-refractivity contribution in [1.82, 2.24) is 24.9 Å². The fourth-order valence-corrected chi connectivity index (χ4v) is 3.85. The Hall–Kier alpha value is -1.89. The second-order valence-electron chi connectivity index (χ2n) is 6.05. The maximum atomic E-state index is 11.5. The first-order chi connectivity index (χ1) is 10.2. The van der Waals surface area contributed by atoms with Gasteiger partial charge in [-0.05, 0) is 32.6 Å². The molecule has 2 aromatic rings. The van der Waals surface area contributed by atoms with Crippen LogP contribution in [0.5, 0.6) is 0 Å². The summed E-state index contributed by atoms with van der Waals surface area (Å²) in [5.41, 5.74) is 0.382. The lowest BCUT2D eigenvalue weighted by Crippen LogP contribution is -2.48. The second-order valence-corrected chi connectivity index (χ2v) is 6.05. The van der Waals surface area contributed by atoms with E-state index in [-0.39, 0.29) is 5.69 Å². The Morgan fingerprint density at radius 3 is 2.86 bits per heavy atom. The number of rotatable bonds is 3. The number of fused-ring (bicyclic) bond motifs is 3. The van der Waals surface area contributed by atoms with E-state index in [4.69, 9.17) is 0 Å². The van der Waals surface area contributed by atoms with Crippen molar-refractivity contribution < 1.29 is 0 Å². The number of piperidine rings is 1. The van der Waals surface area contributed by atoms with Crippen molar-refractivity contribution >= 4 is 11.5 Å². The van der Waals surface area contributed by atoms with Gasteiger partial charge in [0, 0.05) is 30.7 Å². The van der Waals surface area contributed by atoms with Crippen LogP contribution in [0.3, 0.4) is 0 Å². The molecular weight excluding hydrogens is 268 g/mol. The van der Waals surface area contributed by atoms with Crippen molar-refractivity contribution in [3.8, 4) is 0 Å². The Labute approximate surface area is 122 Å². The summed E-state index contributed by atoms with van der Waals surface area (Å²) in [5, 5.41) is 10.2. The second kappa shape index (κ2) is 4.84. The molecule has 2 aliphatic rings. The SMILES string of the molecule is CCN(c1cc2n[nH]c(=O)n2cn1)C1CC2CCC(C1)N2. The van der Waals surface area contributed by atoms with E-state index in [1.807, 2.05) is 6.07 Å². The molecule has 0 aromatic carbocycles. The maximum Gasteiger partial charge on any atom is 0.348 e. The Morgan fingerprint density at radius 2 is 2.14 bits per heavy atom. The highest BCUT2D eigenvalue weighted by Gasteiger charge is 2.36. The number of hydrogen-bond acceptors (Lipinski definition) is 5. The number of anilines is 1. The third-order valence-electron chi connectivity index (χ3n) is 4.82. The molecule has 0 aliphatic carbocycles. The summed E-state index contributed by atoms with van der Waals surface area (Å²) in [6.07, 6.45) is 6.49. The summed E-state index contributed by atoms with van der Waals surface area (Å²) in [7, 11) is 0. The van der Waals surface area contributed by atoms with Crippen LogP contribution in [0.25, 0.3) is 5.65 Å². The van der Waals surface area contributed by atoms with Crippen LogP contribution in [-0.2, 0) is 0 Å². The van der Waals surface area contributed by atoms with E-state index in [9.17, 15) is 4.79 Å². The molecule has 2 aliphatic heterocycles. The predicted octanol–water partition coefficient (Wildman–Crippen LogP) is 0.527. The number of aromatic amines is 1. The lowest BCUT2D eigenvalue weighted by atomic mass is 9.98. The summed E-state index contributed by atoms with van der Waals surface area (Å²) < 4.78 is 1.43. The van der Waals surface area contributed by atoms with Gasteiger partial charge < -0.3 is 10.2 Å². The summed E-state index contributed by atoms with van der Waals surface area (Å²) in [5.74, 6) is 0.912. The van der Waals surface area contributed by atoms with Gasteiger partial charge in [-0.25, -0.2) is 19.3 Å². The van der Waals surface area contributed by atoms with Crippen molar-refractivity contribution in [2.45, 2.75) is 50.7 Å². The largest absolute Gasteiger partial charge is 0.354 e. The van der Waals surface area contributed by atoms with Crippen molar-refractivity contribution in [1.29, 1.82) is 0 Å². The van der Waals surface area contributed by atoms with Gasteiger partial charge in [0.1, 0.15) is 12.1 Å². The standard InChI is InChI=1S/C14H20N6O/c1-2-19(11-5-9-3-4-10(6-11)16-9)12-7-13-17-18-14(21)20(13)8-15-12/h7-11,16H,2-6H2,1H3,(H,18,21). The van der Waals surface area contributed by atoms with Gasteiger partial charge >= 0.3 is 5.69 Å². The normalized spacial score (nSPS) is 28.1. The van der Waals surface area contributed by atoms with Gasteiger partial charge in [0.25, 0.3) is 0 Å². The van der Waals surface area contributed by atoms with Gasteiger partial charge in [0.05, 0.1) is 0 Å². The molecule has 2 N–H and O–H groups in total. The molecule has 0 amide bonds. The fourth-order valence-electron chi connectivity index (χ4n) is 3.85. The van der Waals surface area contributed by atoms with E-state index in [2.05, 4.69) is 32.3 Å². The molecule has 21 heavy (non-hydrogen) atoms. The van der Waals surface area contributed by atoms with Crippen molar-refractivity contribution in [2.24, 2.45) is 0 Å². The first-order valence-electron chi connectivity index (χ1n) is 7.70. The summed E-state index contributed by atoms with van der Waals surface area (Å²) in [6.45, 7) is 3.08. The molecule has 2 atom stereocenters. The van der Waals surface area contributed by atoms with Crippen LogP contribution >= 0.6 is 0 Å².